The summed E-state index contributed by atoms with van der Waals surface area (Å²) in [5, 5.41) is 0.470. The summed E-state index contributed by atoms with van der Waals surface area (Å²) in [4.78, 5) is 15.8. The van der Waals surface area contributed by atoms with Crippen molar-refractivity contribution in [1.82, 2.24) is 4.90 Å². The summed E-state index contributed by atoms with van der Waals surface area (Å²) < 4.78 is 0. The molecule has 2 rings (SSSR count). The first-order valence-corrected chi connectivity index (χ1v) is 8.67. The van der Waals surface area contributed by atoms with Gasteiger partial charge in [0.1, 0.15) is 5.25 Å². The topological polar surface area (TPSA) is 20.3 Å². The number of hydrogen-bond acceptors (Lipinski definition) is 2. The summed E-state index contributed by atoms with van der Waals surface area (Å²) in [6.07, 6.45) is 0. The lowest BCUT2D eigenvalue weighted by atomic mass is 10.1. The standard InChI is InChI=1S/C18H20ClNOS/c1-3-20(4-2)18(21)17(14-8-6-5-7-9-14)22-16-12-10-15(19)11-13-16/h5-13,17H,3-4H2,1-2H3. The Kier molecular flexibility index (Phi) is 6.34. The van der Waals surface area contributed by atoms with Gasteiger partial charge in [0.15, 0.2) is 0 Å². The van der Waals surface area contributed by atoms with Crippen molar-refractivity contribution in [2.45, 2.75) is 24.0 Å². The molecule has 0 spiro atoms. The largest absolute Gasteiger partial charge is 0.342 e. The molecule has 0 aromatic heterocycles. The van der Waals surface area contributed by atoms with E-state index < -0.39 is 0 Å². The Morgan fingerprint density at radius 1 is 1.05 bits per heavy atom. The first kappa shape index (κ1) is 16.9. The van der Waals surface area contributed by atoms with Gasteiger partial charge in [-0.15, -0.1) is 11.8 Å². The van der Waals surface area contributed by atoms with Crippen LogP contribution in [-0.2, 0) is 4.79 Å². The summed E-state index contributed by atoms with van der Waals surface area (Å²) in [7, 11) is 0. The summed E-state index contributed by atoms with van der Waals surface area (Å²) in [5.41, 5.74) is 1.03. The van der Waals surface area contributed by atoms with E-state index in [0.717, 1.165) is 23.5 Å². The highest BCUT2D eigenvalue weighted by Gasteiger charge is 2.25. The molecule has 0 fully saturated rings. The molecule has 2 nitrogen and oxygen atoms in total. The summed E-state index contributed by atoms with van der Waals surface area (Å²) in [6.45, 7) is 5.46. The normalized spacial score (nSPS) is 12.0. The van der Waals surface area contributed by atoms with Gasteiger partial charge in [-0.25, -0.2) is 0 Å². The van der Waals surface area contributed by atoms with Crippen LogP contribution in [0.15, 0.2) is 59.5 Å². The minimum Gasteiger partial charge on any atom is -0.342 e. The van der Waals surface area contributed by atoms with E-state index in [-0.39, 0.29) is 11.2 Å². The predicted molar refractivity (Wildman–Crippen MR) is 94.4 cm³/mol. The van der Waals surface area contributed by atoms with Gasteiger partial charge in [0.25, 0.3) is 0 Å². The molecule has 0 bridgehead atoms. The van der Waals surface area contributed by atoms with Crippen molar-refractivity contribution in [3.63, 3.8) is 0 Å². The molecule has 0 aliphatic heterocycles. The first-order chi connectivity index (χ1) is 10.7. The number of rotatable bonds is 6. The van der Waals surface area contributed by atoms with Gasteiger partial charge in [0.2, 0.25) is 5.91 Å². The molecule has 1 unspecified atom stereocenters. The fourth-order valence-electron chi connectivity index (χ4n) is 2.24. The molecule has 1 atom stereocenters. The van der Waals surface area contributed by atoms with E-state index in [2.05, 4.69) is 0 Å². The van der Waals surface area contributed by atoms with E-state index in [1.807, 2.05) is 73.3 Å². The lowest BCUT2D eigenvalue weighted by molar-refractivity contribution is -0.130. The van der Waals surface area contributed by atoms with Crippen molar-refractivity contribution in [2.24, 2.45) is 0 Å². The average Bonchev–Trinajstić information content (AvgIpc) is 2.56. The maximum atomic E-state index is 12.9. The molecule has 0 N–H and O–H groups in total. The van der Waals surface area contributed by atoms with Crippen LogP contribution in [0.5, 0.6) is 0 Å². The van der Waals surface area contributed by atoms with Crippen LogP contribution in [0.2, 0.25) is 5.02 Å². The molecule has 0 aliphatic carbocycles. The number of amides is 1. The van der Waals surface area contributed by atoms with Crippen LogP contribution in [0.1, 0.15) is 24.7 Å². The van der Waals surface area contributed by atoms with Crippen LogP contribution in [0.25, 0.3) is 0 Å². The number of halogens is 1. The molecule has 116 valence electrons. The van der Waals surface area contributed by atoms with E-state index in [1.165, 1.54) is 0 Å². The SMILES string of the molecule is CCN(CC)C(=O)C(Sc1ccc(Cl)cc1)c1ccccc1. The lowest BCUT2D eigenvalue weighted by Gasteiger charge is -2.25. The zero-order valence-electron chi connectivity index (χ0n) is 12.8. The predicted octanol–water partition coefficient (Wildman–Crippen LogP) is 5.04. The first-order valence-electron chi connectivity index (χ1n) is 7.41. The molecule has 2 aromatic carbocycles. The molecular weight excluding hydrogens is 314 g/mol. The third-order valence-corrected chi connectivity index (χ3v) is 4.98. The second-order valence-corrected chi connectivity index (χ2v) is 6.49. The number of carbonyl (C=O) groups excluding carboxylic acids is 1. The Bertz CT molecular complexity index is 596. The van der Waals surface area contributed by atoms with E-state index in [4.69, 9.17) is 11.6 Å². The average molecular weight is 334 g/mol. The maximum Gasteiger partial charge on any atom is 0.240 e. The Hall–Kier alpha value is -1.45. The molecule has 0 saturated heterocycles. The molecule has 0 aliphatic rings. The van der Waals surface area contributed by atoms with Gasteiger partial charge in [-0.2, -0.15) is 0 Å². The molecule has 1 amide bonds. The Morgan fingerprint density at radius 2 is 1.64 bits per heavy atom. The van der Waals surface area contributed by atoms with E-state index in [9.17, 15) is 4.79 Å². The van der Waals surface area contributed by atoms with Crippen LogP contribution in [0.3, 0.4) is 0 Å². The number of likely N-dealkylation sites (N-methyl/N-ethyl adjacent to an activating group) is 1. The summed E-state index contributed by atoms with van der Waals surface area (Å²) >= 11 is 7.51. The van der Waals surface area contributed by atoms with Crippen LogP contribution in [-0.4, -0.2) is 23.9 Å². The Balaban J connectivity index is 2.29. The third kappa shape index (κ3) is 4.28. The molecule has 0 heterocycles. The zero-order valence-corrected chi connectivity index (χ0v) is 14.4. The fourth-order valence-corrected chi connectivity index (χ4v) is 3.47. The number of carbonyl (C=O) groups is 1. The van der Waals surface area contributed by atoms with Gasteiger partial charge in [-0.3, -0.25) is 4.79 Å². The van der Waals surface area contributed by atoms with Crippen molar-refractivity contribution < 1.29 is 4.79 Å². The molecule has 2 aromatic rings. The van der Waals surface area contributed by atoms with Crippen molar-refractivity contribution >= 4 is 29.3 Å². The molecule has 0 radical (unpaired) electrons. The van der Waals surface area contributed by atoms with E-state index >= 15 is 0 Å². The molecule has 22 heavy (non-hydrogen) atoms. The van der Waals surface area contributed by atoms with Crippen molar-refractivity contribution in [2.75, 3.05) is 13.1 Å². The molecule has 4 heteroatoms. The molecular formula is C18H20ClNOS. The van der Waals surface area contributed by atoms with Gasteiger partial charge in [0.05, 0.1) is 0 Å². The summed E-state index contributed by atoms with van der Waals surface area (Å²) in [5.74, 6) is 0.149. The van der Waals surface area contributed by atoms with Gasteiger partial charge < -0.3 is 4.90 Å². The van der Waals surface area contributed by atoms with Gasteiger partial charge in [-0.05, 0) is 43.7 Å². The molecule has 0 saturated carbocycles. The minimum atomic E-state index is -0.234. The number of thioether (sulfide) groups is 1. The Morgan fingerprint density at radius 3 is 2.18 bits per heavy atom. The highest BCUT2D eigenvalue weighted by Crippen LogP contribution is 2.37. The van der Waals surface area contributed by atoms with E-state index in [1.54, 1.807) is 11.8 Å². The number of hydrogen-bond donors (Lipinski definition) is 0. The smallest absolute Gasteiger partial charge is 0.240 e. The number of benzene rings is 2. The van der Waals surface area contributed by atoms with Crippen LogP contribution in [0.4, 0.5) is 0 Å². The van der Waals surface area contributed by atoms with Crippen LogP contribution in [0, 0.1) is 0 Å². The highest BCUT2D eigenvalue weighted by atomic mass is 35.5. The van der Waals surface area contributed by atoms with Crippen molar-refractivity contribution in [1.29, 1.82) is 0 Å². The quantitative estimate of drug-likeness (QED) is 0.690. The lowest BCUT2D eigenvalue weighted by Crippen LogP contribution is -2.33. The second kappa shape index (κ2) is 8.25. The van der Waals surface area contributed by atoms with Gasteiger partial charge in [-0.1, -0.05) is 41.9 Å². The highest BCUT2D eigenvalue weighted by molar-refractivity contribution is 8.00. The van der Waals surface area contributed by atoms with Crippen LogP contribution >= 0.6 is 23.4 Å². The Labute approximate surface area is 141 Å². The van der Waals surface area contributed by atoms with Crippen molar-refractivity contribution in [3.05, 3.63) is 65.2 Å². The number of nitrogens with zero attached hydrogens (tertiary/aromatic N) is 1. The van der Waals surface area contributed by atoms with Crippen LogP contribution < -0.4 is 0 Å². The van der Waals surface area contributed by atoms with Gasteiger partial charge >= 0.3 is 0 Å². The monoisotopic (exact) mass is 333 g/mol. The third-order valence-electron chi connectivity index (χ3n) is 3.47. The minimum absolute atomic E-state index is 0.149. The summed E-state index contributed by atoms with van der Waals surface area (Å²) in [6, 6.07) is 17.6. The van der Waals surface area contributed by atoms with Crippen molar-refractivity contribution in [3.8, 4) is 0 Å². The van der Waals surface area contributed by atoms with E-state index in [0.29, 0.717) is 5.02 Å². The van der Waals surface area contributed by atoms with Gasteiger partial charge in [0, 0.05) is 23.0 Å². The fraction of sp³-hybridized carbons (Fsp3) is 0.278. The maximum absolute atomic E-state index is 12.9. The zero-order chi connectivity index (χ0) is 15.9. The second-order valence-electron chi connectivity index (χ2n) is 4.87.